The Morgan fingerprint density at radius 3 is 1.25 bits per heavy atom. The van der Waals surface area contributed by atoms with E-state index in [1.54, 1.807) is 0 Å². The minimum atomic E-state index is -6.80. The van der Waals surface area contributed by atoms with E-state index < -0.39 is 140 Å². The second kappa shape index (κ2) is 18.7. The van der Waals surface area contributed by atoms with E-state index in [2.05, 4.69) is 9.47 Å². The zero-order valence-corrected chi connectivity index (χ0v) is 30.6. The van der Waals surface area contributed by atoms with Gasteiger partial charge >= 0.3 is 49.2 Å². The van der Waals surface area contributed by atoms with Gasteiger partial charge in [-0.15, -0.1) is 0 Å². The van der Waals surface area contributed by atoms with Gasteiger partial charge in [-0.3, -0.25) is 4.79 Å². The summed E-state index contributed by atoms with van der Waals surface area (Å²) in [6.07, 6.45) is -55.9. The normalized spacial score (nSPS) is 26.3. The summed E-state index contributed by atoms with van der Waals surface area (Å²) in [7, 11) is 0.896. The number of esters is 1. The molecule has 61 heavy (non-hydrogen) atoms. The lowest BCUT2D eigenvalue weighted by Gasteiger charge is -2.48. The first-order chi connectivity index (χ1) is 26.0. The first kappa shape index (κ1) is 58.8. The molecule has 0 aromatic carbocycles. The fourth-order valence-electron chi connectivity index (χ4n) is 8.33. The number of aliphatic hydroxyl groups is 3. The molecular weight excluding hydrogens is 903 g/mol. The molecular formula is C34H47F21O6. The van der Waals surface area contributed by atoms with Crippen LogP contribution in [0.25, 0.3) is 0 Å². The van der Waals surface area contributed by atoms with Crippen LogP contribution >= 0.6 is 0 Å². The quantitative estimate of drug-likeness (QED) is 0.149. The van der Waals surface area contributed by atoms with Crippen molar-refractivity contribution in [3.63, 3.8) is 0 Å². The number of rotatable bonds is 10. The summed E-state index contributed by atoms with van der Waals surface area (Å²) in [5, 5.41) is 28.5. The highest BCUT2D eigenvalue weighted by atomic mass is 19.4. The maximum atomic E-state index is 14.0. The molecule has 2 bridgehead atoms. The van der Waals surface area contributed by atoms with Gasteiger partial charge in [0.1, 0.15) is 6.10 Å². The van der Waals surface area contributed by atoms with Gasteiger partial charge in [0.15, 0.2) is 5.41 Å². The SMILES string of the molecule is C.C.CCC(CC(C)OC)(C(=O)OC1CC(C(O)(C(F)(F)F)C(F)(F)F)CC(C(O)(C(F)(F)F)C(F)(F)F)C1)C(F)(F)F.OC(CC1CC2CCC1C2)(C(F)(F)F)C(F)(F)F. The van der Waals surface area contributed by atoms with Crippen molar-refractivity contribution < 1.29 is 122 Å². The Hall–Kier alpha value is -2.16. The Balaban J connectivity index is 0.00000150. The molecule has 0 heterocycles. The predicted molar refractivity (Wildman–Crippen MR) is 169 cm³/mol. The summed E-state index contributed by atoms with van der Waals surface area (Å²) in [6, 6.07) is 0. The van der Waals surface area contributed by atoms with Crippen molar-refractivity contribution in [2.45, 2.75) is 165 Å². The Labute approximate surface area is 335 Å². The third-order valence-corrected chi connectivity index (χ3v) is 11.8. The molecule has 0 spiro atoms. The highest BCUT2D eigenvalue weighted by molar-refractivity contribution is 5.78. The molecule has 3 aliphatic carbocycles. The summed E-state index contributed by atoms with van der Waals surface area (Å²) in [4.78, 5) is 12.8. The fourth-order valence-corrected chi connectivity index (χ4v) is 8.33. The smallest absolute Gasteiger partial charge is 0.426 e. The molecule has 0 aromatic heterocycles. The number of hydrogen-bond donors (Lipinski definition) is 3. The van der Waals surface area contributed by atoms with Crippen LogP contribution in [0.5, 0.6) is 0 Å². The van der Waals surface area contributed by atoms with Crippen LogP contribution in [0.15, 0.2) is 0 Å². The van der Waals surface area contributed by atoms with Gasteiger partial charge in [-0.2, -0.15) is 92.2 Å². The topological polar surface area (TPSA) is 96.2 Å². The zero-order chi connectivity index (χ0) is 46.6. The van der Waals surface area contributed by atoms with Crippen LogP contribution in [-0.4, -0.2) is 101 Å². The van der Waals surface area contributed by atoms with Crippen molar-refractivity contribution in [3.8, 4) is 0 Å². The summed E-state index contributed by atoms with van der Waals surface area (Å²) >= 11 is 0. The van der Waals surface area contributed by atoms with Crippen molar-refractivity contribution in [2.75, 3.05) is 7.11 Å². The summed E-state index contributed by atoms with van der Waals surface area (Å²) < 4.78 is 288. The molecule has 0 amide bonds. The van der Waals surface area contributed by atoms with E-state index in [9.17, 15) is 107 Å². The molecule has 0 aromatic rings. The van der Waals surface area contributed by atoms with E-state index in [1.165, 1.54) is 0 Å². The summed E-state index contributed by atoms with van der Waals surface area (Å²) in [6.45, 7) is 1.76. The molecule has 7 atom stereocenters. The minimum Gasteiger partial charge on any atom is -0.462 e. The van der Waals surface area contributed by atoms with E-state index in [0.717, 1.165) is 27.4 Å². The number of hydrogen-bond acceptors (Lipinski definition) is 6. The second-order valence-electron chi connectivity index (χ2n) is 15.3. The van der Waals surface area contributed by atoms with E-state index in [0.29, 0.717) is 19.3 Å². The van der Waals surface area contributed by atoms with E-state index in [1.807, 2.05) is 0 Å². The van der Waals surface area contributed by atoms with Crippen LogP contribution in [0.1, 0.15) is 92.9 Å². The summed E-state index contributed by atoms with van der Waals surface area (Å²) in [5.41, 5.74) is -20.2. The number of halogens is 21. The first-order valence-electron chi connectivity index (χ1n) is 17.4. The molecule has 0 aliphatic heterocycles. The van der Waals surface area contributed by atoms with Crippen molar-refractivity contribution in [1.82, 2.24) is 0 Å². The highest BCUT2D eigenvalue weighted by Crippen LogP contribution is 2.59. The van der Waals surface area contributed by atoms with Crippen LogP contribution in [0.4, 0.5) is 92.2 Å². The Bertz CT molecular complexity index is 1330. The van der Waals surface area contributed by atoms with Crippen LogP contribution < -0.4 is 0 Å². The lowest BCUT2D eigenvalue weighted by Crippen LogP contribution is -2.67. The van der Waals surface area contributed by atoms with Gasteiger partial charge in [0.05, 0.1) is 6.10 Å². The van der Waals surface area contributed by atoms with Crippen LogP contribution in [0, 0.1) is 35.0 Å². The number of carbonyl (C=O) groups excluding carboxylic acids is 1. The van der Waals surface area contributed by atoms with Crippen LogP contribution in [0.3, 0.4) is 0 Å². The first-order valence-corrected chi connectivity index (χ1v) is 17.4. The van der Waals surface area contributed by atoms with Gasteiger partial charge < -0.3 is 24.8 Å². The fraction of sp³-hybridized carbons (Fsp3) is 0.971. The molecule has 3 rings (SSSR count). The highest BCUT2D eigenvalue weighted by Gasteiger charge is 2.79. The van der Waals surface area contributed by atoms with Gasteiger partial charge in [-0.25, -0.2) is 0 Å². The number of carbonyl (C=O) groups is 1. The lowest BCUT2D eigenvalue weighted by molar-refractivity contribution is -0.405. The molecule has 366 valence electrons. The van der Waals surface area contributed by atoms with Gasteiger partial charge in [0, 0.05) is 18.9 Å². The lowest BCUT2D eigenvalue weighted by atomic mass is 9.65. The van der Waals surface area contributed by atoms with Crippen molar-refractivity contribution in [3.05, 3.63) is 0 Å². The van der Waals surface area contributed by atoms with Crippen molar-refractivity contribution >= 4 is 5.97 Å². The average Bonchev–Trinajstić information content (AvgIpc) is 3.66. The van der Waals surface area contributed by atoms with Crippen LogP contribution in [-0.2, 0) is 14.3 Å². The van der Waals surface area contributed by atoms with E-state index in [-0.39, 0.29) is 26.7 Å². The zero-order valence-electron chi connectivity index (χ0n) is 30.6. The number of fused-ring (bicyclic) bond motifs is 2. The average molecular weight is 951 g/mol. The molecule has 3 N–H and O–H groups in total. The Morgan fingerprint density at radius 1 is 0.590 bits per heavy atom. The third-order valence-electron chi connectivity index (χ3n) is 11.8. The Kier molecular flexibility index (Phi) is 18.1. The number of methoxy groups -OCH3 is 1. The minimum absolute atomic E-state index is 0. The molecule has 3 fully saturated rings. The molecule has 0 saturated heterocycles. The van der Waals surface area contributed by atoms with Crippen molar-refractivity contribution in [1.29, 1.82) is 0 Å². The molecule has 6 nitrogen and oxygen atoms in total. The number of alkyl halides is 21. The Morgan fingerprint density at radius 2 is 0.984 bits per heavy atom. The predicted octanol–water partition coefficient (Wildman–Crippen LogP) is 11.4. The van der Waals surface area contributed by atoms with Crippen molar-refractivity contribution in [2.24, 2.45) is 35.0 Å². The molecule has 0 radical (unpaired) electrons. The third kappa shape index (κ3) is 11.2. The molecule has 7 unspecified atom stereocenters. The molecule has 27 heteroatoms. The maximum absolute atomic E-state index is 14.0. The standard InChI is InChI=1S/C21H25F15O5.C11H14F6O.2CH4/c1-4-14(17(22,23)24,8-9(2)40-3)13(37)41-12-6-10(15(38,18(25,26)27)19(28,29)30)5-11(7-12)16(39,20(31,32)33)21(34,35)36;12-10(13,14)9(18,11(15,16)17)5-8-4-6-1-2-7(8)3-6;;/h9-12,38-39H,4-8H2,1-3H3;6-8,18H,1-5H2;2*1H4. The molecule has 3 saturated carbocycles. The monoisotopic (exact) mass is 950 g/mol. The van der Waals surface area contributed by atoms with E-state index in [4.69, 9.17) is 5.11 Å². The van der Waals surface area contributed by atoms with Gasteiger partial charge in [-0.05, 0) is 82.5 Å². The maximum Gasteiger partial charge on any atom is 0.426 e. The molecule has 3 aliphatic rings. The van der Waals surface area contributed by atoms with Crippen LogP contribution in [0.2, 0.25) is 0 Å². The van der Waals surface area contributed by atoms with Gasteiger partial charge in [0.25, 0.3) is 16.8 Å². The van der Waals surface area contributed by atoms with Gasteiger partial charge in [0.2, 0.25) is 0 Å². The van der Waals surface area contributed by atoms with E-state index >= 15 is 0 Å². The van der Waals surface area contributed by atoms with Gasteiger partial charge in [-0.1, -0.05) is 28.2 Å². The largest absolute Gasteiger partial charge is 0.462 e. The summed E-state index contributed by atoms with van der Waals surface area (Å²) in [5.74, 6) is -10.4. The second-order valence-corrected chi connectivity index (χ2v) is 15.3. The number of ether oxygens (including phenoxy) is 2.